The molecule has 1 atom stereocenters. The average molecular weight is 298 g/mol. The second kappa shape index (κ2) is 6.32. The van der Waals surface area contributed by atoms with Crippen molar-refractivity contribution in [3.8, 4) is 0 Å². The van der Waals surface area contributed by atoms with E-state index in [0.717, 1.165) is 18.8 Å². The second-order valence-corrected chi connectivity index (χ2v) is 5.97. The van der Waals surface area contributed by atoms with Crippen molar-refractivity contribution in [2.45, 2.75) is 44.6 Å². The van der Waals surface area contributed by atoms with Crippen molar-refractivity contribution in [2.75, 3.05) is 13.7 Å². The molecule has 2 rings (SSSR count). The third-order valence-electron chi connectivity index (χ3n) is 4.40. The number of carbonyl (C=O) groups excluding carboxylic acids is 2. The van der Waals surface area contributed by atoms with E-state index in [-0.39, 0.29) is 18.3 Å². The van der Waals surface area contributed by atoms with Crippen molar-refractivity contribution in [3.63, 3.8) is 0 Å². The second-order valence-electron chi connectivity index (χ2n) is 5.97. The van der Waals surface area contributed by atoms with Gasteiger partial charge >= 0.3 is 18.0 Å². The lowest BCUT2D eigenvalue weighted by molar-refractivity contribution is -0.142. The molecule has 7 nitrogen and oxygen atoms in total. The molecule has 2 saturated carbocycles. The number of carboxylic acid groups (broad SMARTS) is 1. The maximum Gasteiger partial charge on any atom is 0.326 e. The zero-order valence-corrected chi connectivity index (χ0v) is 12.2. The zero-order valence-electron chi connectivity index (χ0n) is 12.2. The topological polar surface area (TPSA) is 105 Å². The maximum atomic E-state index is 11.8. The van der Waals surface area contributed by atoms with Gasteiger partial charge in [-0.3, -0.25) is 4.79 Å². The van der Waals surface area contributed by atoms with Crippen LogP contribution in [0.3, 0.4) is 0 Å². The van der Waals surface area contributed by atoms with Crippen LogP contribution in [-0.2, 0) is 14.3 Å². The fourth-order valence-corrected chi connectivity index (χ4v) is 2.67. The minimum absolute atomic E-state index is 0.0171. The molecule has 0 bridgehead atoms. The Balaban J connectivity index is 1.72. The molecule has 3 N–H and O–H groups in total. The lowest BCUT2D eigenvalue weighted by Crippen LogP contribution is -2.47. The van der Waals surface area contributed by atoms with E-state index in [1.165, 1.54) is 20.0 Å². The molecule has 0 aromatic rings. The molecule has 0 aromatic carbocycles. The van der Waals surface area contributed by atoms with Crippen LogP contribution in [0, 0.1) is 11.3 Å². The van der Waals surface area contributed by atoms with E-state index < -0.39 is 24.0 Å². The van der Waals surface area contributed by atoms with Gasteiger partial charge in [-0.15, -0.1) is 0 Å². The van der Waals surface area contributed by atoms with E-state index in [2.05, 4.69) is 15.4 Å². The Kier molecular flexibility index (Phi) is 4.69. The molecule has 2 aliphatic rings. The van der Waals surface area contributed by atoms with Crippen LogP contribution in [-0.4, -0.2) is 42.8 Å². The van der Waals surface area contributed by atoms with E-state index in [1.54, 1.807) is 0 Å². The third-order valence-corrected chi connectivity index (χ3v) is 4.40. The van der Waals surface area contributed by atoms with Crippen molar-refractivity contribution in [1.82, 2.24) is 10.6 Å². The van der Waals surface area contributed by atoms with Gasteiger partial charge in [-0.1, -0.05) is 0 Å². The van der Waals surface area contributed by atoms with Crippen molar-refractivity contribution >= 4 is 18.0 Å². The highest BCUT2D eigenvalue weighted by Gasteiger charge is 2.53. The molecule has 0 spiro atoms. The number of rotatable bonds is 8. The Bertz CT molecular complexity index is 429. The zero-order chi connectivity index (χ0) is 15.5. The highest BCUT2D eigenvalue weighted by molar-refractivity contribution is 5.83. The summed E-state index contributed by atoms with van der Waals surface area (Å²) < 4.78 is 4.46. The number of amides is 2. The van der Waals surface area contributed by atoms with Crippen molar-refractivity contribution in [3.05, 3.63) is 0 Å². The fraction of sp³-hybridized carbons (Fsp3) is 0.786. The molecule has 0 radical (unpaired) electrons. The Morgan fingerprint density at radius 1 is 1.33 bits per heavy atom. The van der Waals surface area contributed by atoms with Crippen molar-refractivity contribution in [1.29, 1.82) is 0 Å². The molecule has 7 heteroatoms. The van der Waals surface area contributed by atoms with Crippen LogP contribution in [0.15, 0.2) is 0 Å². The summed E-state index contributed by atoms with van der Waals surface area (Å²) in [6.45, 7) is 0.604. The quantitative estimate of drug-likeness (QED) is 0.577. The summed E-state index contributed by atoms with van der Waals surface area (Å²) in [4.78, 5) is 33.9. The Morgan fingerprint density at radius 3 is 2.48 bits per heavy atom. The van der Waals surface area contributed by atoms with Crippen LogP contribution in [0.2, 0.25) is 0 Å². The van der Waals surface area contributed by atoms with Gasteiger partial charge in [0.15, 0.2) is 0 Å². The number of hydrogen-bond acceptors (Lipinski definition) is 4. The molecule has 0 unspecified atom stereocenters. The van der Waals surface area contributed by atoms with E-state index in [0.29, 0.717) is 6.54 Å². The number of esters is 1. The van der Waals surface area contributed by atoms with Gasteiger partial charge in [0.1, 0.15) is 6.04 Å². The highest BCUT2D eigenvalue weighted by Crippen LogP contribution is 2.60. The summed E-state index contributed by atoms with van der Waals surface area (Å²) in [5.41, 5.74) is 0.266. The number of carboxylic acids is 1. The summed E-state index contributed by atoms with van der Waals surface area (Å²) in [5, 5.41) is 14.2. The summed E-state index contributed by atoms with van der Waals surface area (Å²) >= 11 is 0. The number of nitrogens with one attached hydrogen (secondary N) is 2. The lowest BCUT2D eigenvalue weighted by Gasteiger charge is -2.18. The van der Waals surface area contributed by atoms with Gasteiger partial charge in [-0.05, 0) is 43.4 Å². The molecule has 0 aromatic heterocycles. The van der Waals surface area contributed by atoms with Gasteiger partial charge < -0.3 is 20.5 Å². The van der Waals surface area contributed by atoms with Crippen molar-refractivity contribution in [2.24, 2.45) is 11.3 Å². The van der Waals surface area contributed by atoms with Crippen molar-refractivity contribution < 1.29 is 24.2 Å². The van der Waals surface area contributed by atoms with E-state index in [4.69, 9.17) is 5.11 Å². The molecule has 118 valence electrons. The van der Waals surface area contributed by atoms with Crippen LogP contribution in [0.25, 0.3) is 0 Å². The first-order chi connectivity index (χ1) is 9.97. The Labute approximate surface area is 123 Å². The number of ether oxygens (including phenoxy) is 1. The predicted octanol–water partition coefficient (Wildman–Crippen LogP) is 0.882. The molecule has 2 aliphatic carbocycles. The molecule has 0 saturated heterocycles. The number of methoxy groups -OCH3 is 1. The van der Waals surface area contributed by atoms with E-state index >= 15 is 0 Å². The summed E-state index contributed by atoms with van der Waals surface area (Å²) in [6.07, 6.45) is 4.73. The molecule has 0 heterocycles. The summed E-state index contributed by atoms with van der Waals surface area (Å²) in [7, 11) is 1.24. The smallest absolute Gasteiger partial charge is 0.326 e. The monoisotopic (exact) mass is 298 g/mol. The number of aliphatic carboxylic acids is 1. The highest BCUT2D eigenvalue weighted by atomic mass is 16.5. The van der Waals surface area contributed by atoms with Crippen LogP contribution in [0.4, 0.5) is 4.79 Å². The average Bonchev–Trinajstić information content (AvgIpc) is 3.32. The first-order valence-corrected chi connectivity index (χ1v) is 7.31. The molecular weight excluding hydrogens is 276 g/mol. The van der Waals surface area contributed by atoms with Gasteiger partial charge in [0.05, 0.1) is 7.11 Å². The molecule has 2 fully saturated rings. The van der Waals surface area contributed by atoms with Gasteiger partial charge in [-0.25, -0.2) is 9.59 Å². The normalized spacial score (nSPS) is 20.2. The number of urea groups is 1. The largest absolute Gasteiger partial charge is 0.480 e. The van der Waals surface area contributed by atoms with Crippen LogP contribution in [0.5, 0.6) is 0 Å². The van der Waals surface area contributed by atoms with Gasteiger partial charge in [0.25, 0.3) is 0 Å². The van der Waals surface area contributed by atoms with Crippen LogP contribution in [0.1, 0.15) is 38.5 Å². The molecular formula is C14H22N2O5. The Hall–Kier alpha value is -1.79. The lowest BCUT2D eigenvalue weighted by atomic mass is 10.0. The fourth-order valence-electron chi connectivity index (χ4n) is 2.67. The third kappa shape index (κ3) is 4.34. The molecule has 2 amide bonds. The molecule has 0 aliphatic heterocycles. The first kappa shape index (κ1) is 15.6. The summed E-state index contributed by atoms with van der Waals surface area (Å²) in [5.74, 6) is -0.918. The van der Waals surface area contributed by atoms with Gasteiger partial charge in [-0.2, -0.15) is 0 Å². The summed E-state index contributed by atoms with van der Waals surface area (Å²) in [6, 6.07) is -1.57. The molecule has 21 heavy (non-hydrogen) atoms. The maximum absolute atomic E-state index is 11.8. The number of hydrogen-bond donors (Lipinski definition) is 3. The van der Waals surface area contributed by atoms with Crippen LogP contribution < -0.4 is 10.6 Å². The Morgan fingerprint density at radius 2 is 2.00 bits per heavy atom. The van der Waals surface area contributed by atoms with E-state index in [1.807, 2.05) is 0 Å². The SMILES string of the molecule is COC(=O)CC[C@H](NC(=O)NCC1(C2CC2)CC1)C(=O)O. The van der Waals surface area contributed by atoms with E-state index in [9.17, 15) is 14.4 Å². The minimum Gasteiger partial charge on any atom is -0.480 e. The van der Waals surface area contributed by atoms with Gasteiger partial charge in [0.2, 0.25) is 0 Å². The minimum atomic E-state index is -1.16. The number of carbonyl (C=O) groups is 3. The van der Waals surface area contributed by atoms with Crippen LogP contribution >= 0.6 is 0 Å². The first-order valence-electron chi connectivity index (χ1n) is 7.31. The van der Waals surface area contributed by atoms with Gasteiger partial charge in [0, 0.05) is 13.0 Å². The standard InChI is InChI=1S/C14H22N2O5/c1-21-11(17)5-4-10(12(18)19)16-13(20)15-8-14(6-7-14)9-2-3-9/h9-10H,2-8H2,1H3,(H,18,19)(H2,15,16,20)/t10-/m0/s1. The predicted molar refractivity (Wildman–Crippen MR) is 73.6 cm³/mol.